The monoisotopic (exact) mass is 418 g/mol. The number of methoxy groups -OCH3 is 2. The summed E-state index contributed by atoms with van der Waals surface area (Å²) in [6, 6.07) is 1.96. The molecule has 11 heteroatoms. The Morgan fingerprint density at radius 3 is 2.34 bits per heavy atom. The van der Waals surface area contributed by atoms with Crippen LogP contribution in [0.2, 0.25) is 0 Å². The fourth-order valence-electron chi connectivity index (χ4n) is 2.29. The molecule has 0 saturated heterocycles. The summed E-state index contributed by atoms with van der Waals surface area (Å²) in [5.41, 5.74) is -1.32. The van der Waals surface area contributed by atoms with Crippen molar-refractivity contribution in [3.05, 3.63) is 27.8 Å². The summed E-state index contributed by atoms with van der Waals surface area (Å²) in [6.07, 6.45) is -0.510. The van der Waals surface area contributed by atoms with E-state index in [1.165, 1.54) is 14.0 Å². The number of hydrogen-bond acceptors (Lipinski definition) is 7. The average Bonchev–Trinajstić information content (AvgIpc) is 2.70. The number of benzene rings is 1. The molecule has 1 rings (SSSR count). The first-order valence-electron chi connectivity index (χ1n) is 8.88. The van der Waals surface area contributed by atoms with Crippen LogP contribution in [0, 0.1) is 10.1 Å². The van der Waals surface area contributed by atoms with Crippen LogP contribution in [0.1, 0.15) is 43.5 Å². The summed E-state index contributed by atoms with van der Waals surface area (Å²) in [6.45, 7) is 2.07. The standard InChI is InChI=1S/C18H24F2N2O7/c1-5-7-8-29-15-10-13(22(25)26)12(9-14(15)27-3)16(23)21(17(24)28-4)11-18(19,20)6-2/h9-10H,5-8,11H2,1-4H3. The highest BCUT2D eigenvalue weighted by Gasteiger charge is 2.38. The molecular weight excluding hydrogens is 394 g/mol. The number of imide groups is 1. The Hall–Kier alpha value is -2.98. The lowest BCUT2D eigenvalue weighted by Crippen LogP contribution is -2.44. The maximum atomic E-state index is 13.8. The SMILES string of the molecule is CCCCOc1cc([N+](=O)[O-])c(C(=O)N(CC(F)(F)CC)C(=O)OC)cc1OC. The van der Waals surface area contributed by atoms with E-state index in [4.69, 9.17) is 9.47 Å². The van der Waals surface area contributed by atoms with Crippen LogP contribution in [0.25, 0.3) is 0 Å². The van der Waals surface area contributed by atoms with E-state index in [9.17, 15) is 28.5 Å². The lowest BCUT2D eigenvalue weighted by molar-refractivity contribution is -0.385. The van der Waals surface area contributed by atoms with Crippen molar-refractivity contribution in [2.24, 2.45) is 0 Å². The molecule has 1 aromatic rings. The van der Waals surface area contributed by atoms with Crippen molar-refractivity contribution in [1.82, 2.24) is 4.90 Å². The summed E-state index contributed by atoms with van der Waals surface area (Å²) in [4.78, 5) is 35.5. The van der Waals surface area contributed by atoms with E-state index in [0.717, 1.165) is 25.7 Å². The maximum Gasteiger partial charge on any atom is 0.416 e. The molecule has 0 fully saturated rings. The van der Waals surface area contributed by atoms with E-state index in [2.05, 4.69) is 4.74 Å². The van der Waals surface area contributed by atoms with Crippen molar-refractivity contribution in [2.45, 2.75) is 39.0 Å². The third-order valence-electron chi connectivity index (χ3n) is 4.01. The summed E-state index contributed by atoms with van der Waals surface area (Å²) >= 11 is 0. The van der Waals surface area contributed by atoms with Gasteiger partial charge in [-0.2, -0.15) is 0 Å². The third-order valence-corrected chi connectivity index (χ3v) is 4.01. The topological polar surface area (TPSA) is 108 Å². The zero-order valence-electron chi connectivity index (χ0n) is 16.7. The van der Waals surface area contributed by atoms with Crippen molar-refractivity contribution in [1.29, 1.82) is 0 Å². The van der Waals surface area contributed by atoms with Crippen LogP contribution in [0.4, 0.5) is 19.3 Å². The Morgan fingerprint density at radius 1 is 1.21 bits per heavy atom. The number of rotatable bonds is 10. The number of nitrogens with zero attached hydrogens (tertiary/aromatic N) is 2. The Kier molecular flexibility index (Phi) is 8.74. The van der Waals surface area contributed by atoms with Crippen LogP contribution in [-0.2, 0) is 4.74 Å². The number of nitro groups is 1. The van der Waals surface area contributed by atoms with E-state index in [0.29, 0.717) is 6.42 Å². The van der Waals surface area contributed by atoms with Crippen LogP contribution in [0.5, 0.6) is 11.5 Å². The molecule has 0 aliphatic rings. The Morgan fingerprint density at radius 2 is 1.86 bits per heavy atom. The van der Waals surface area contributed by atoms with E-state index in [-0.39, 0.29) is 23.0 Å². The van der Waals surface area contributed by atoms with Gasteiger partial charge in [0.15, 0.2) is 11.5 Å². The number of ether oxygens (including phenoxy) is 3. The Labute approximate surface area is 166 Å². The predicted molar refractivity (Wildman–Crippen MR) is 98.7 cm³/mol. The molecule has 0 spiro atoms. The van der Waals surface area contributed by atoms with Gasteiger partial charge >= 0.3 is 6.09 Å². The van der Waals surface area contributed by atoms with Crippen LogP contribution >= 0.6 is 0 Å². The molecule has 0 atom stereocenters. The molecule has 0 aromatic heterocycles. The molecule has 2 amide bonds. The summed E-state index contributed by atoms with van der Waals surface area (Å²) < 4.78 is 42.6. The molecule has 29 heavy (non-hydrogen) atoms. The van der Waals surface area contributed by atoms with Gasteiger partial charge in [0.2, 0.25) is 0 Å². The van der Waals surface area contributed by atoms with E-state index < -0.39 is 47.1 Å². The lowest BCUT2D eigenvalue weighted by atomic mass is 10.1. The fourth-order valence-corrected chi connectivity index (χ4v) is 2.29. The van der Waals surface area contributed by atoms with Gasteiger partial charge in [-0.15, -0.1) is 0 Å². The van der Waals surface area contributed by atoms with Crippen molar-refractivity contribution >= 4 is 17.7 Å². The molecule has 162 valence electrons. The summed E-state index contributed by atoms with van der Waals surface area (Å²) in [7, 11) is 2.16. The minimum atomic E-state index is -3.40. The normalized spacial score (nSPS) is 11.0. The predicted octanol–water partition coefficient (Wildman–Crippen LogP) is 4.04. The van der Waals surface area contributed by atoms with Crippen LogP contribution < -0.4 is 9.47 Å². The molecule has 0 aliphatic heterocycles. The second-order valence-electron chi connectivity index (χ2n) is 6.05. The van der Waals surface area contributed by atoms with Gasteiger partial charge in [-0.25, -0.2) is 18.5 Å². The van der Waals surface area contributed by atoms with Gasteiger partial charge < -0.3 is 14.2 Å². The highest BCUT2D eigenvalue weighted by molar-refractivity contribution is 6.06. The molecule has 0 N–H and O–H groups in total. The van der Waals surface area contributed by atoms with Crippen LogP contribution in [-0.4, -0.2) is 55.1 Å². The quantitative estimate of drug-likeness (QED) is 0.320. The second-order valence-corrected chi connectivity index (χ2v) is 6.05. The number of unbranched alkanes of at least 4 members (excludes halogenated alkanes) is 1. The van der Waals surface area contributed by atoms with Crippen molar-refractivity contribution in [2.75, 3.05) is 27.4 Å². The van der Waals surface area contributed by atoms with E-state index in [1.54, 1.807) is 0 Å². The molecule has 0 aliphatic carbocycles. The first-order chi connectivity index (χ1) is 13.6. The number of halogens is 2. The van der Waals surface area contributed by atoms with Crippen molar-refractivity contribution in [3.63, 3.8) is 0 Å². The van der Waals surface area contributed by atoms with Gasteiger partial charge in [-0.3, -0.25) is 14.9 Å². The maximum absolute atomic E-state index is 13.8. The zero-order valence-corrected chi connectivity index (χ0v) is 16.7. The highest BCUT2D eigenvalue weighted by atomic mass is 19.3. The first kappa shape index (κ1) is 24.1. The van der Waals surface area contributed by atoms with Crippen molar-refractivity contribution in [3.8, 4) is 11.5 Å². The zero-order chi connectivity index (χ0) is 22.2. The number of carbonyl (C=O) groups excluding carboxylic acids is 2. The van der Waals surface area contributed by atoms with Gasteiger partial charge in [0.25, 0.3) is 17.5 Å². The molecule has 0 bridgehead atoms. The minimum Gasteiger partial charge on any atom is -0.493 e. The number of carbonyl (C=O) groups is 2. The smallest absolute Gasteiger partial charge is 0.416 e. The average molecular weight is 418 g/mol. The number of hydrogen-bond donors (Lipinski definition) is 0. The van der Waals surface area contributed by atoms with Crippen LogP contribution in [0.3, 0.4) is 0 Å². The van der Waals surface area contributed by atoms with Gasteiger partial charge in [-0.05, 0) is 6.42 Å². The minimum absolute atomic E-state index is 0.0119. The molecule has 0 heterocycles. The van der Waals surface area contributed by atoms with Gasteiger partial charge in [0.05, 0.1) is 38.4 Å². The van der Waals surface area contributed by atoms with Crippen LogP contribution in [0.15, 0.2) is 12.1 Å². The molecule has 0 unspecified atom stereocenters. The summed E-state index contributed by atoms with van der Waals surface area (Å²) in [5.74, 6) is -4.70. The van der Waals surface area contributed by atoms with Gasteiger partial charge in [0, 0.05) is 12.5 Å². The molecule has 9 nitrogen and oxygen atoms in total. The number of amides is 2. The van der Waals surface area contributed by atoms with Gasteiger partial charge in [0.1, 0.15) is 5.56 Å². The van der Waals surface area contributed by atoms with E-state index >= 15 is 0 Å². The number of alkyl halides is 2. The highest BCUT2D eigenvalue weighted by Crippen LogP contribution is 2.36. The molecular formula is C18H24F2N2O7. The van der Waals surface area contributed by atoms with Gasteiger partial charge in [-0.1, -0.05) is 20.3 Å². The second kappa shape index (κ2) is 10.5. The lowest BCUT2D eigenvalue weighted by Gasteiger charge is -2.24. The summed E-state index contributed by atoms with van der Waals surface area (Å²) in [5, 5.41) is 11.5. The van der Waals surface area contributed by atoms with Crippen molar-refractivity contribution < 1.29 is 37.5 Å². The van der Waals surface area contributed by atoms with E-state index in [1.807, 2.05) is 6.92 Å². The molecule has 1 aromatic carbocycles. The molecule has 0 radical (unpaired) electrons. The largest absolute Gasteiger partial charge is 0.493 e. The first-order valence-corrected chi connectivity index (χ1v) is 8.88. The fraction of sp³-hybridized carbons (Fsp3) is 0.556. The Balaban J connectivity index is 3.45. The molecule has 0 saturated carbocycles. The number of nitro benzene ring substituents is 1. The Bertz CT molecular complexity index is 756. The third kappa shape index (κ3) is 6.26.